The van der Waals surface area contributed by atoms with Gasteiger partial charge < -0.3 is 10.1 Å². The molecule has 1 heterocycles. The minimum absolute atomic E-state index is 0.149. The Morgan fingerprint density at radius 1 is 0.971 bits per heavy atom. The van der Waals surface area contributed by atoms with E-state index in [4.69, 9.17) is 4.74 Å². The van der Waals surface area contributed by atoms with Crippen molar-refractivity contribution in [2.75, 3.05) is 11.9 Å². The quantitative estimate of drug-likeness (QED) is 0.423. The third-order valence-corrected chi connectivity index (χ3v) is 6.39. The van der Waals surface area contributed by atoms with Gasteiger partial charge in [-0.3, -0.25) is 19.3 Å². The number of hydrogen-bond donors (Lipinski definition) is 1. The molecular formula is C28H26N2O4S. The maximum absolute atomic E-state index is 12.9. The third-order valence-electron chi connectivity index (χ3n) is 5.48. The fourth-order valence-corrected chi connectivity index (χ4v) is 4.60. The highest BCUT2D eigenvalue weighted by molar-refractivity contribution is 8.18. The summed E-state index contributed by atoms with van der Waals surface area (Å²) in [7, 11) is 0. The largest absolute Gasteiger partial charge is 0.484 e. The van der Waals surface area contributed by atoms with Crippen LogP contribution in [-0.2, 0) is 16.1 Å². The highest BCUT2D eigenvalue weighted by atomic mass is 32.2. The molecule has 0 aliphatic carbocycles. The summed E-state index contributed by atoms with van der Waals surface area (Å²) < 4.78 is 5.66. The van der Waals surface area contributed by atoms with E-state index >= 15 is 0 Å². The first-order valence-electron chi connectivity index (χ1n) is 11.2. The van der Waals surface area contributed by atoms with Crippen LogP contribution >= 0.6 is 11.8 Å². The summed E-state index contributed by atoms with van der Waals surface area (Å²) >= 11 is 0.921. The minimum atomic E-state index is -0.319. The summed E-state index contributed by atoms with van der Waals surface area (Å²) in [6, 6.07) is 20.6. The number of anilines is 1. The molecule has 4 rings (SSSR count). The summed E-state index contributed by atoms with van der Waals surface area (Å²) in [5.41, 5.74) is 5.54. The van der Waals surface area contributed by atoms with Gasteiger partial charge in [-0.05, 0) is 73.5 Å². The zero-order chi connectivity index (χ0) is 24.9. The lowest BCUT2D eigenvalue weighted by molar-refractivity contribution is -0.123. The lowest BCUT2D eigenvalue weighted by Crippen LogP contribution is -2.27. The van der Waals surface area contributed by atoms with Crippen LogP contribution in [0.25, 0.3) is 6.08 Å². The Kier molecular flexibility index (Phi) is 7.36. The molecule has 0 aromatic heterocycles. The molecule has 1 fully saturated rings. The number of imide groups is 1. The lowest BCUT2D eigenvalue weighted by Gasteiger charge is -2.12. The summed E-state index contributed by atoms with van der Waals surface area (Å²) in [4.78, 5) is 39.3. The van der Waals surface area contributed by atoms with Crippen molar-refractivity contribution >= 4 is 40.6 Å². The van der Waals surface area contributed by atoms with Gasteiger partial charge in [-0.25, -0.2) is 0 Å². The van der Waals surface area contributed by atoms with Crippen LogP contribution in [0, 0.1) is 20.8 Å². The highest BCUT2D eigenvalue weighted by Gasteiger charge is 2.35. The maximum atomic E-state index is 12.9. The van der Waals surface area contributed by atoms with Gasteiger partial charge in [-0.1, -0.05) is 59.7 Å². The molecule has 3 amide bonds. The molecule has 1 saturated heterocycles. The lowest BCUT2D eigenvalue weighted by atomic mass is 10.1. The van der Waals surface area contributed by atoms with Crippen LogP contribution in [0.3, 0.4) is 0 Å². The number of carbonyl (C=O) groups is 3. The highest BCUT2D eigenvalue weighted by Crippen LogP contribution is 2.33. The van der Waals surface area contributed by atoms with Crippen LogP contribution in [0.15, 0.2) is 71.6 Å². The van der Waals surface area contributed by atoms with E-state index in [9.17, 15) is 14.4 Å². The standard InChI is InChI=1S/C28H26N2O4S/c1-18-6-4-8-22(13-18)16-30-27(32)25(35-28(30)33)15-21-7-5-9-23(14-21)34-17-26(31)29-24-11-10-19(2)12-20(24)3/h4-15H,16-17H2,1-3H3,(H,29,31)/b25-15-. The van der Waals surface area contributed by atoms with Gasteiger partial charge in [0.15, 0.2) is 6.61 Å². The molecule has 3 aromatic carbocycles. The minimum Gasteiger partial charge on any atom is -0.484 e. The first kappa shape index (κ1) is 24.3. The van der Waals surface area contributed by atoms with Crippen LogP contribution < -0.4 is 10.1 Å². The molecule has 1 N–H and O–H groups in total. The van der Waals surface area contributed by atoms with Crippen molar-refractivity contribution in [1.82, 2.24) is 4.90 Å². The first-order valence-corrected chi connectivity index (χ1v) is 12.0. The Hall–Kier alpha value is -3.84. The van der Waals surface area contributed by atoms with Crippen molar-refractivity contribution < 1.29 is 19.1 Å². The molecule has 7 heteroatoms. The number of amides is 3. The number of aryl methyl sites for hydroxylation is 3. The van der Waals surface area contributed by atoms with Crippen molar-refractivity contribution in [2.24, 2.45) is 0 Å². The second-order valence-electron chi connectivity index (χ2n) is 8.48. The number of carbonyl (C=O) groups excluding carboxylic acids is 3. The molecule has 0 unspecified atom stereocenters. The Balaban J connectivity index is 1.39. The number of ether oxygens (including phenoxy) is 1. The number of benzene rings is 3. The first-order chi connectivity index (χ1) is 16.8. The summed E-state index contributed by atoms with van der Waals surface area (Å²) in [5, 5.41) is 2.56. The molecular weight excluding hydrogens is 460 g/mol. The van der Waals surface area contributed by atoms with Crippen molar-refractivity contribution in [3.63, 3.8) is 0 Å². The molecule has 0 spiro atoms. The van der Waals surface area contributed by atoms with Crippen molar-refractivity contribution in [2.45, 2.75) is 27.3 Å². The molecule has 0 radical (unpaired) electrons. The van der Waals surface area contributed by atoms with Crippen LogP contribution in [0.5, 0.6) is 5.75 Å². The van der Waals surface area contributed by atoms with Gasteiger partial charge in [0.25, 0.3) is 17.1 Å². The average molecular weight is 487 g/mol. The predicted molar refractivity (Wildman–Crippen MR) is 139 cm³/mol. The van der Waals surface area contributed by atoms with Crippen LogP contribution in [0.2, 0.25) is 0 Å². The number of rotatable bonds is 7. The average Bonchev–Trinajstić information content (AvgIpc) is 3.07. The molecule has 0 bridgehead atoms. The fourth-order valence-electron chi connectivity index (χ4n) is 3.76. The summed E-state index contributed by atoms with van der Waals surface area (Å²) in [5.74, 6) is -0.0891. The van der Waals surface area contributed by atoms with Crippen LogP contribution in [0.1, 0.15) is 27.8 Å². The van der Waals surface area contributed by atoms with E-state index in [0.29, 0.717) is 16.2 Å². The molecule has 0 atom stereocenters. The van der Waals surface area contributed by atoms with E-state index in [1.54, 1.807) is 24.3 Å². The van der Waals surface area contributed by atoms with E-state index < -0.39 is 0 Å². The SMILES string of the molecule is Cc1cccc(CN2C(=O)S/C(=C\c3cccc(OCC(=O)Nc4ccc(C)cc4C)c3)C2=O)c1. The third kappa shape index (κ3) is 6.19. The zero-order valence-corrected chi connectivity index (χ0v) is 20.6. The molecule has 178 valence electrons. The molecule has 35 heavy (non-hydrogen) atoms. The number of nitrogens with zero attached hydrogens (tertiary/aromatic N) is 1. The van der Waals surface area contributed by atoms with Crippen molar-refractivity contribution in [3.8, 4) is 5.75 Å². The van der Waals surface area contributed by atoms with Gasteiger partial charge >= 0.3 is 0 Å². The summed E-state index contributed by atoms with van der Waals surface area (Å²) in [6.45, 7) is 6.00. The second kappa shape index (κ2) is 10.6. The Morgan fingerprint density at radius 3 is 2.51 bits per heavy atom. The molecule has 3 aromatic rings. The molecule has 1 aliphatic rings. The van der Waals surface area contributed by atoms with Gasteiger partial charge in [-0.15, -0.1) is 0 Å². The molecule has 6 nitrogen and oxygen atoms in total. The monoisotopic (exact) mass is 486 g/mol. The Labute approximate surface area is 209 Å². The van der Waals surface area contributed by atoms with Gasteiger partial charge in [0.05, 0.1) is 11.4 Å². The smallest absolute Gasteiger partial charge is 0.293 e. The van der Waals surface area contributed by atoms with E-state index in [1.165, 1.54) is 4.90 Å². The van der Waals surface area contributed by atoms with E-state index in [-0.39, 0.29) is 30.2 Å². The predicted octanol–water partition coefficient (Wildman–Crippen LogP) is 5.87. The van der Waals surface area contributed by atoms with Crippen LogP contribution in [-0.4, -0.2) is 28.6 Å². The number of thioether (sulfide) groups is 1. The number of hydrogen-bond acceptors (Lipinski definition) is 5. The van der Waals surface area contributed by atoms with E-state index in [1.807, 2.05) is 69.3 Å². The van der Waals surface area contributed by atoms with E-state index in [2.05, 4.69) is 5.32 Å². The van der Waals surface area contributed by atoms with Crippen LogP contribution in [0.4, 0.5) is 10.5 Å². The zero-order valence-electron chi connectivity index (χ0n) is 19.8. The van der Waals surface area contributed by atoms with Gasteiger partial charge in [0.1, 0.15) is 5.75 Å². The Bertz CT molecular complexity index is 1330. The Morgan fingerprint density at radius 2 is 1.74 bits per heavy atom. The second-order valence-corrected chi connectivity index (χ2v) is 9.48. The number of nitrogens with one attached hydrogen (secondary N) is 1. The van der Waals surface area contributed by atoms with Crippen molar-refractivity contribution in [3.05, 3.63) is 99.5 Å². The van der Waals surface area contributed by atoms with Crippen molar-refractivity contribution in [1.29, 1.82) is 0 Å². The van der Waals surface area contributed by atoms with Gasteiger partial charge in [0, 0.05) is 5.69 Å². The molecule has 1 aliphatic heterocycles. The topological polar surface area (TPSA) is 75.7 Å². The van der Waals surface area contributed by atoms with Gasteiger partial charge in [0.2, 0.25) is 0 Å². The molecule has 0 saturated carbocycles. The van der Waals surface area contributed by atoms with Gasteiger partial charge in [-0.2, -0.15) is 0 Å². The normalized spacial score (nSPS) is 14.5. The van der Waals surface area contributed by atoms with E-state index in [0.717, 1.165) is 39.7 Å². The summed E-state index contributed by atoms with van der Waals surface area (Å²) in [6.07, 6.45) is 1.67. The fraction of sp³-hybridized carbons (Fsp3) is 0.179. The maximum Gasteiger partial charge on any atom is 0.293 e.